The molecule has 0 rings (SSSR count). The largest absolute Gasteiger partial charge is 0.346 e. The number of amides is 1. The lowest BCUT2D eigenvalue weighted by atomic mass is 9.84. The fourth-order valence-electron chi connectivity index (χ4n) is 1.13. The molecule has 1 amide bonds. The quantitative estimate of drug-likeness (QED) is 0.677. The van der Waals surface area contributed by atoms with E-state index in [2.05, 4.69) is 5.32 Å². The van der Waals surface area contributed by atoms with Gasteiger partial charge in [-0.2, -0.15) is 0 Å². The highest BCUT2D eigenvalue weighted by Gasteiger charge is 2.28. The molecule has 0 fully saturated rings. The minimum atomic E-state index is -0.380. The summed E-state index contributed by atoms with van der Waals surface area (Å²) in [4.78, 5) is 21.9. The molecular formula is C9H17NO2. The van der Waals surface area contributed by atoms with Crippen molar-refractivity contribution in [3.63, 3.8) is 0 Å². The van der Waals surface area contributed by atoms with Crippen LogP contribution in [0, 0.1) is 5.41 Å². The first-order chi connectivity index (χ1) is 5.25. The molecule has 3 heteroatoms. The maximum Gasteiger partial charge on any atom is 0.217 e. The van der Waals surface area contributed by atoms with Crippen molar-refractivity contribution < 1.29 is 9.59 Å². The number of carbonyl (C=O) groups is 2. The molecule has 3 nitrogen and oxygen atoms in total. The summed E-state index contributed by atoms with van der Waals surface area (Å²) in [7, 11) is 0. The molecule has 12 heavy (non-hydrogen) atoms. The number of Topliss-reactive ketones (excluding diaryl/α,β-unsaturated/α-hetero) is 1. The van der Waals surface area contributed by atoms with Crippen molar-refractivity contribution in [2.75, 3.05) is 0 Å². The van der Waals surface area contributed by atoms with E-state index >= 15 is 0 Å². The Labute approximate surface area is 73.5 Å². The summed E-state index contributed by atoms with van der Waals surface area (Å²) in [5, 5.41) is 2.63. The van der Waals surface area contributed by atoms with Gasteiger partial charge in [0.15, 0.2) is 5.78 Å². The second-order valence-corrected chi connectivity index (χ2v) is 4.11. The molecule has 0 radical (unpaired) electrons. The average molecular weight is 171 g/mol. The van der Waals surface area contributed by atoms with Gasteiger partial charge in [0.25, 0.3) is 0 Å². The van der Waals surface area contributed by atoms with Crippen molar-refractivity contribution in [2.24, 2.45) is 5.41 Å². The molecule has 0 saturated carbocycles. The third kappa shape index (κ3) is 3.51. The Morgan fingerprint density at radius 1 is 1.17 bits per heavy atom. The molecule has 0 saturated heterocycles. The number of carbonyl (C=O) groups excluding carboxylic acids is 2. The van der Waals surface area contributed by atoms with Crippen molar-refractivity contribution >= 4 is 11.7 Å². The zero-order valence-corrected chi connectivity index (χ0v) is 8.39. The Kier molecular flexibility index (Phi) is 3.43. The van der Waals surface area contributed by atoms with E-state index in [1.54, 1.807) is 0 Å². The number of hydrogen-bond donors (Lipinski definition) is 1. The van der Waals surface area contributed by atoms with E-state index in [-0.39, 0.29) is 23.1 Å². The zero-order chi connectivity index (χ0) is 9.94. The first-order valence-corrected chi connectivity index (χ1v) is 4.02. The lowest BCUT2D eigenvalue weighted by Gasteiger charge is -2.28. The van der Waals surface area contributed by atoms with Gasteiger partial charge in [0.05, 0.1) is 6.04 Å². The van der Waals surface area contributed by atoms with E-state index in [0.29, 0.717) is 0 Å². The summed E-state index contributed by atoms with van der Waals surface area (Å²) in [6.07, 6.45) is 0. The maximum atomic E-state index is 11.1. The van der Waals surface area contributed by atoms with E-state index in [1.807, 2.05) is 20.8 Å². The van der Waals surface area contributed by atoms with Crippen LogP contribution >= 0.6 is 0 Å². The van der Waals surface area contributed by atoms with Gasteiger partial charge in [-0.05, 0) is 12.3 Å². The fourth-order valence-corrected chi connectivity index (χ4v) is 1.13. The van der Waals surface area contributed by atoms with E-state index in [4.69, 9.17) is 0 Å². The number of rotatable bonds is 2. The van der Waals surface area contributed by atoms with Crippen molar-refractivity contribution in [2.45, 2.75) is 40.7 Å². The first kappa shape index (κ1) is 11.1. The second kappa shape index (κ2) is 3.70. The summed E-state index contributed by atoms with van der Waals surface area (Å²) in [6.45, 7) is 8.69. The topological polar surface area (TPSA) is 46.2 Å². The zero-order valence-electron chi connectivity index (χ0n) is 8.39. The molecule has 0 bridgehead atoms. The van der Waals surface area contributed by atoms with Crippen LogP contribution in [0.2, 0.25) is 0 Å². The number of ketones is 1. The third-order valence-electron chi connectivity index (χ3n) is 1.62. The fraction of sp³-hybridized carbons (Fsp3) is 0.778. The predicted molar refractivity (Wildman–Crippen MR) is 47.7 cm³/mol. The SMILES string of the molecule is CC(=O)NC(C(C)=O)C(C)(C)C. The lowest BCUT2D eigenvalue weighted by Crippen LogP contribution is -2.47. The summed E-state index contributed by atoms with van der Waals surface area (Å²) < 4.78 is 0. The van der Waals surface area contributed by atoms with Gasteiger partial charge in [0.2, 0.25) is 5.91 Å². The van der Waals surface area contributed by atoms with E-state index in [0.717, 1.165) is 0 Å². The van der Waals surface area contributed by atoms with Crippen molar-refractivity contribution in [3.8, 4) is 0 Å². The Bertz CT molecular complexity index is 191. The second-order valence-electron chi connectivity index (χ2n) is 4.11. The van der Waals surface area contributed by atoms with Crippen LogP contribution in [0.15, 0.2) is 0 Å². The molecule has 0 aromatic rings. The standard InChI is InChI=1S/C9H17NO2/c1-6(11)8(9(3,4)5)10-7(2)12/h8H,1-5H3,(H,10,12). The van der Waals surface area contributed by atoms with Crippen LogP contribution in [-0.4, -0.2) is 17.7 Å². The van der Waals surface area contributed by atoms with Crippen molar-refractivity contribution in [1.82, 2.24) is 5.32 Å². The van der Waals surface area contributed by atoms with Crippen LogP contribution in [0.4, 0.5) is 0 Å². The Hall–Kier alpha value is -0.860. The lowest BCUT2D eigenvalue weighted by molar-refractivity contribution is -0.128. The van der Waals surface area contributed by atoms with Gasteiger partial charge in [0.1, 0.15) is 0 Å². The first-order valence-electron chi connectivity index (χ1n) is 4.02. The highest BCUT2D eigenvalue weighted by molar-refractivity contribution is 5.87. The molecule has 1 N–H and O–H groups in total. The molecule has 0 aromatic carbocycles. The average Bonchev–Trinajstić information content (AvgIpc) is 1.79. The molecule has 0 aliphatic heterocycles. The van der Waals surface area contributed by atoms with E-state index < -0.39 is 0 Å². The Balaban J connectivity index is 4.46. The summed E-state index contributed by atoms with van der Waals surface area (Å²) in [5.41, 5.74) is -0.211. The molecule has 1 atom stereocenters. The van der Waals surface area contributed by atoms with Gasteiger partial charge in [-0.1, -0.05) is 20.8 Å². The van der Waals surface area contributed by atoms with Gasteiger partial charge >= 0.3 is 0 Å². The summed E-state index contributed by atoms with van der Waals surface area (Å²) in [6, 6.07) is -0.380. The van der Waals surface area contributed by atoms with Gasteiger partial charge in [-0.3, -0.25) is 9.59 Å². The monoisotopic (exact) mass is 171 g/mol. The van der Waals surface area contributed by atoms with Crippen LogP contribution in [0.5, 0.6) is 0 Å². The normalized spacial score (nSPS) is 13.8. The van der Waals surface area contributed by atoms with Gasteiger partial charge in [-0.25, -0.2) is 0 Å². The predicted octanol–water partition coefficient (Wildman–Crippen LogP) is 1.13. The van der Waals surface area contributed by atoms with Crippen LogP contribution in [0.3, 0.4) is 0 Å². The van der Waals surface area contributed by atoms with Crippen LogP contribution in [-0.2, 0) is 9.59 Å². The number of hydrogen-bond acceptors (Lipinski definition) is 2. The van der Waals surface area contributed by atoms with Gasteiger partial charge < -0.3 is 5.32 Å². The minimum Gasteiger partial charge on any atom is -0.346 e. The number of nitrogens with one attached hydrogen (secondary N) is 1. The molecule has 0 aromatic heterocycles. The molecule has 0 spiro atoms. The molecule has 0 heterocycles. The van der Waals surface area contributed by atoms with Crippen molar-refractivity contribution in [3.05, 3.63) is 0 Å². The van der Waals surface area contributed by atoms with Crippen molar-refractivity contribution in [1.29, 1.82) is 0 Å². The van der Waals surface area contributed by atoms with Crippen LogP contribution in [0.25, 0.3) is 0 Å². The van der Waals surface area contributed by atoms with Gasteiger partial charge in [0, 0.05) is 6.92 Å². The smallest absolute Gasteiger partial charge is 0.217 e. The summed E-state index contributed by atoms with van der Waals surface area (Å²) >= 11 is 0. The van der Waals surface area contributed by atoms with E-state index in [9.17, 15) is 9.59 Å². The third-order valence-corrected chi connectivity index (χ3v) is 1.62. The minimum absolute atomic E-state index is 0.00213. The summed E-state index contributed by atoms with van der Waals surface area (Å²) in [5.74, 6) is -0.164. The molecule has 0 aliphatic rings. The Morgan fingerprint density at radius 3 is 1.67 bits per heavy atom. The van der Waals surface area contributed by atoms with Crippen LogP contribution in [0.1, 0.15) is 34.6 Å². The molecule has 1 unspecified atom stereocenters. The highest BCUT2D eigenvalue weighted by Crippen LogP contribution is 2.19. The highest BCUT2D eigenvalue weighted by atomic mass is 16.2. The Morgan fingerprint density at radius 2 is 1.58 bits per heavy atom. The molecule has 70 valence electrons. The van der Waals surface area contributed by atoms with E-state index in [1.165, 1.54) is 13.8 Å². The van der Waals surface area contributed by atoms with Crippen LogP contribution < -0.4 is 5.32 Å². The van der Waals surface area contributed by atoms with Gasteiger partial charge in [-0.15, -0.1) is 0 Å². The molecule has 0 aliphatic carbocycles. The molecular weight excluding hydrogens is 154 g/mol. The maximum absolute atomic E-state index is 11.1.